The first kappa shape index (κ1) is 21.0. The highest BCUT2D eigenvalue weighted by Crippen LogP contribution is 2.26. The first-order valence-corrected chi connectivity index (χ1v) is 10.8. The largest absolute Gasteiger partial charge is 0.485 e. The first-order chi connectivity index (χ1) is 15.1. The number of hydrogen-bond donors (Lipinski definition) is 1. The van der Waals surface area contributed by atoms with Crippen LogP contribution < -0.4 is 15.6 Å². The predicted octanol–water partition coefficient (Wildman–Crippen LogP) is 4.66. The van der Waals surface area contributed by atoms with Crippen LogP contribution in [0.1, 0.15) is 5.69 Å². The molecule has 0 atom stereocenters. The van der Waals surface area contributed by atoms with E-state index in [-0.39, 0.29) is 23.8 Å². The summed E-state index contributed by atoms with van der Waals surface area (Å²) in [5, 5.41) is 3.53. The fraction of sp³-hybridized carbons (Fsp3) is 0.0870. The van der Waals surface area contributed by atoms with Gasteiger partial charge in [0.05, 0.1) is 17.1 Å². The maximum atomic E-state index is 12.4. The van der Waals surface area contributed by atoms with Crippen LogP contribution in [-0.2, 0) is 11.4 Å². The molecular weight excluding hydrogens is 434 g/mol. The molecule has 0 aliphatic carbocycles. The fourth-order valence-corrected chi connectivity index (χ4v) is 3.71. The molecule has 6 nitrogen and oxygen atoms in total. The molecule has 31 heavy (non-hydrogen) atoms. The van der Waals surface area contributed by atoms with Gasteiger partial charge in [0, 0.05) is 22.2 Å². The second-order valence-corrected chi connectivity index (χ2v) is 8.08. The van der Waals surface area contributed by atoms with Crippen LogP contribution in [0.3, 0.4) is 0 Å². The minimum atomic E-state index is -0.176. The number of ether oxygens (including phenoxy) is 1. The van der Waals surface area contributed by atoms with Gasteiger partial charge in [-0.15, -0.1) is 11.8 Å². The molecule has 0 spiro atoms. The van der Waals surface area contributed by atoms with Crippen molar-refractivity contribution >= 4 is 40.6 Å². The summed E-state index contributed by atoms with van der Waals surface area (Å²) in [5.74, 6) is 0.597. The van der Waals surface area contributed by atoms with Crippen molar-refractivity contribution in [3.63, 3.8) is 0 Å². The zero-order valence-electron chi connectivity index (χ0n) is 16.3. The normalized spacial score (nSPS) is 10.7. The summed E-state index contributed by atoms with van der Waals surface area (Å²) in [6.45, 7) is 0.104. The molecule has 1 N–H and O–H groups in total. The lowest BCUT2D eigenvalue weighted by Crippen LogP contribution is -2.17. The average molecular weight is 452 g/mol. The summed E-state index contributed by atoms with van der Waals surface area (Å²) in [5.41, 5.74) is 1.44. The van der Waals surface area contributed by atoms with E-state index in [2.05, 4.69) is 10.3 Å². The molecule has 0 aliphatic rings. The number of hydrogen-bond acceptors (Lipinski definition) is 5. The number of rotatable bonds is 7. The van der Waals surface area contributed by atoms with Gasteiger partial charge in [-0.25, -0.2) is 4.98 Å². The third kappa shape index (κ3) is 5.45. The predicted molar refractivity (Wildman–Crippen MR) is 123 cm³/mol. The minimum Gasteiger partial charge on any atom is -0.485 e. The molecule has 8 heteroatoms. The number of halogens is 1. The van der Waals surface area contributed by atoms with E-state index in [0.29, 0.717) is 27.8 Å². The Morgan fingerprint density at radius 3 is 2.68 bits per heavy atom. The molecule has 2 aromatic heterocycles. The van der Waals surface area contributed by atoms with Gasteiger partial charge in [0.1, 0.15) is 18.0 Å². The van der Waals surface area contributed by atoms with E-state index in [1.807, 2.05) is 30.3 Å². The number of anilines is 1. The van der Waals surface area contributed by atoms with Crippen molar-refractivity contribution in [1.82, 2.24) is 9.38 Å². The average Bonchev–Trinajstić information content (AvgIpc) is 2.78. The Bertz CT molecular complexity index is 1280. The Kier molecular flexibility index (Phi) is 6.54. The van der Waals surface area contributed by atoms with Crippen molar-refractivity contribution in [2.45, 2.75) is 11.5 Å². The topological polar surface area (TPSA) is 72.7 Å². The molecule has 156 valence electrons. The maximum Gasteiger partial charge on any atom is 0.258 e. The van der Waals surface area contributed by atoms with Gasteiger partial charge in [-0.1, -0.05) is 29.8 Å². The number of carbonyl (C=O) groups is 1. The highest BCUT2D eigenvalue weighted by atomic mass is 35.5. The van der Waals surface area contributed by atoms with Crippen molar-refractivity contribution in [3.05, 3.63) is 100 Å². The molecule has 0 radical (unpaired) electrons. The summed E-state index contributed by atoms with van der Waals surface area (Å²) in [6, 6.07) is 21.3. The number of fused-ring (bicyclic) bond motifs is 1. The van der Waals surface area contributed by atoms with E-state index in [1.54, 1.807) is 42.6 Å². The van der Waals surface area contributed by atoms with Crippen molar-refractivity contribution < 1.29 is 9.53 Å². The fourth-order valence-electron chi connectivity index (χ4n) is 2.89. The Labute approximate surface area is 187 Å². The van der Waals surface area contributed by atoms with Crippen molar-refractivity contribution in [3.8, 4) is 5.75 Å². The van der Waals surface area contributed by atoms with Crippen LogP contribution in [0.15, 0.2) is 88.7 Å². The van der Waals surface area contributed by atoms with Crippen molar-refractivity contribution in [2.24, 2.45) is 0 Å². The maximum absolute atomic E-state index is 12.4. The molecule has 2 heterocycles. The van der Waals surface area contributed by atoms with E-state index in [1.165, 1.54) is 22.2 Å². The Morgan fingerprint density at radius 2 is 1.84 bits per heavy atom. The van der Waals surface area contributed by atoms with Crippen molar-refractivity contribution in [1.29, 1.82) is 0 Å². The number of thioether (sulfide) groups is 1. The number of pyridine rings is 1. The van der Waals surface area contributed by atoms with Crippen LogP contribution >= 0.6 is 23.4 Å². The van der Waals surface area contributed by atoms with Gasteiger partial charge < -0.3 is 10.1 Å². The van der Waals surface area contributed by atoms with Gasteiger partial charge in [0.2, 0.25) is 5.91 Å². The lowest BCUT2D eigenvalue weighted by Gasteiger charge is -2.12. The van der Waals surface area contributed by atoms with Crippen LogP contribution in [0.5, 0.6) is 5.75 Å². The van der Waals surface area contributed by atoms with E-state index >= 15 is 0 Å². The third-order valence-electron chi connectivity index (χ3n) is 4.34. The number of benzene rings is 2. The van der Waals surface area contributed by atoms with Gasteiger partial charge >= 0.3 is 0 Å². The summed E-state index contributed by atoms with van der Waals surface area (Å²) < 4.78 is 7.33. The standard InChI is InChI=1S/C23H18ClN3O3S/c24-16-8-10-18(11-9-16)31-15-22(28)26-19-5-1-2-6-20(19)30-14-17-13-23(29)27-12-4-3-7-21(27)25-17/h1-13H,14-15H2,(H,26,28). The molecule has 4 aromatic rings. The van der Waals surface area contributed by atoms with Crippen molar-refractivity contribution in [2.75, 3.05) is 11.1 Å². The zero-order valence-corrected chi connectivity index (χ0v) is 17.9. The molecule has 0 aliphatic heterocycles. The Hall–Kier alpha value is -3.29. The lowest BCUT2D eigenvalue weighted by atomic mass is 10.3. The summed E-state index contributed by atoms with van der Waals surface area (Å²) >= 11 is 7.30. The van der Waals surface area contributed by atoms with Gasteiger partial charge in [0.15, 0.2) is 0 Å². The number of carbonyl (C=O) groups excluding carboxylic acids is 1. The van der Waals surface area contributed by atoms with Crippen LogP contribution in [0.25, 0.3) is 5.65 Å². The monoisotopic (exact) mass is 451 g/mol. The highest BCUT2D eigenvalue weighted by molar-refractivity contribution is 8.00. The summed E-state index contributed by atoms with van der Waals surface area (Å²) in [7, 11) is 0. The van der Waals surface area contributed by atoms with Crippen LogP contribution in [0.4, 0.5) is 5.69 Å². The molecule has 0 saturated carbocycles. The van der Waals surface area contributed by atoms with Gasteiger partial charge in [-0.2, -0.15) is 0 Å². The molecular formula is C23H18ClN3O3S. The third-order valence-corrected chi connectivity index (χ3v) is 5.61. The molecule has 0 fully saturated rings. The molecule has 2 aromatic carbocycles. The Balaban J connectivity index is 1.41. The lowest BCUT2D eigenvalue weighted by molar-refractivity contribution is -0.113. The first-order valence-electron chi connectivity index (χ1n) is 9.46. The van der Waals surface area contributed by atoms with Gasteiger partial charge in [-0.3, -0.25) is 14.0 Å². The second kappa shape index (κ2) is 9.68. The SMILES string of the molecule is O=C(CSc1ccc(Cl)cc1)Nc1ccccc1OCc1cc(=O)n2ccccc2n1. The molecule has 1 amide bonds. The van der Waals surface area contributed by atoms with Crippen LogP contribution in [0.2, 0.25) is 5.02 Å². The van der Waals surface area contributed by atoms with Gasteiger partial charge in [0.25, 0.3) is 5.56 Å². The quantitative estimate of drug-likeness (QED) is 0.414. The van der Waals surface area contributed by atoms with E-state index in [9.17, 15) is 9.59 Å². The molecule has 4 rings (SSSR count). The second-order valence-electron chi connectivity index (χ2n) is 6.59. The smallest absolute Gasteiger partial charge is 0.258 e. The zero-order chi connectivity index (χ0) is 21.6. The summed E-state index contributed by atoms with van der Waals surface area (Å²) in [4.78, 5) is 30.0. The number of aromatic nitrogens is 2. The Morgan fingerprint density at radius 1 is 1.06 bits per heavy atom. The summed E-state index contributed by atoms with van der Waals surface area (Å²) in [6.07, 6.45) is 1.67. The number of nitrogens with one attached hydrogen (secondary N) is 1. The number of para-hydroxylation sites is 2. The highest BCUT2D eigenvalue weighted by Gasteiger charge is 2.10. The minimum absolute atomic E-state index is 0.104. The molecule has 0 bridgehead atoms. The number of amides is 1. The van der Waals surface area contributed by atoms with Crippen LogP contribution in [-0.4, -0.2) is 21.0 Å². The molecule has 0 saturated heterocycles. The van der Waals surface area contributed by atoms with Crippen LogP contribution in [0, 0.1) is 0 Å². The number of nitrogens with zero attached hydrogens (tertiary/aromatic N) is 2. The van der Waals surface area contributed by atoms with E-state index < -0.39 is 0 Å². The van der Waals surface area contributed by atoms with E-state index in [4.69, 9.17) is 16.3 Å². The van der Waals surface area contributed by atoms with E-state index in [0.717, 1.165) is 4.90 Å². The molecule has 0 unspecified atom stereocenters. The van der Waals surface area contributed by atoms with Gasteiger partial charge in [-0.05, 0) is 48.5 Å².